The second-order valence-corrected chi connectivity index (χ2v) is 8.17. The van der Waals surface area contributed by atoms with Gasteiger partial charge in [0.1, 0.15) is 6.04 Å². The van der Waals surface area contributed by atoms with Gasteiger partial charge in [0.25, 0.3) is 0 Å². The summed E-state index contributed by atoms with van der Waals surface area (Å²) in [5.74, 6) is 0.160. The summed E-state index contributed by atoms with van der Waals surface area (Å²) in [5.41, 5.74) is 0. The van der Waals surface area contributed by atoms with E-state index in [1.807, 2.05) is 12.1 Å². The normalized spacial score (nSPS) is 16.7. The van der Waals surface area contributed by atoms with E-state index < -0.39 is 0 Å². The van der Waals surface area contributed by atoms with Gasteiger partial charge in [-0.05, 0) is 46.8 Å². The standard InChI is InChI=1S/C15H21BrN2O2S/c1-10(19)17-14(11-5-3-4-6-11)15(20)18(2)9-12-7-8-13(16)21-12/h7-8,11,14H,3-6,9H2,1-2H3,(H,17,19). The van der Waals surface area contributed by atoms with E-state index in [1.54, 1.807) is 23.3 Å². The van der Waals surface area contributed by atoms with E-state index >= 15 is 0 Å². The topological polar surface area (TPSA) is 49.4 Å². The highest BCUT2D eigenvalue weighted by atomic mass is 79.9. The van der Waals surface area contributed by atoms with Gasteiger partial charge < -0.3 is 10.2 Å². The lowest BCUT2D eigenvalue weighted by molar-refractivity contribution is -0.136. The molecule has 1 fully saturated rings. The number of nitrogens with zero attached hydrogens (tertiary/aromatic N) is 1. The molecule has 1 aliphatic carbocycles. The predicted octanol–water partition coefficient (Wildman–Crippen LogP) is 3.16. The monoisotopic (exact) mass is 372 g/mol. The first-order valence-corrected chi connectivity index (χ1v) is 8.84. The predicted molar refractivity (Wildman–Crippen MR) is 88.1 cm³/mol. The van der Waals surface area contributed by atoms with Crippen LogP contribution in [0.2, 0.25) is 0 Å². The van der Waals surface area contributed by atoms with Gasteiger partial charge in [-0.15, -0.1) is 11.3 Å². The molecule has 2 amide bonds. The SMILES string of the molecule is CC(=O)NC(C(=O)N(C)Cc1ccc(Br)s1)C1CCCC1. The number of carbonyl (C=O) groups is 2. The van der Waals surface area contributed by atoms with Crippen LogP contribution < -0.4 is 5.32 Å². The second-order valence-electron chi connectivity index (χ2n) is 5.62. The molecular weight excluding hydrogens is 352 g/mol. The van der Waals surface area contributed by atoms with Crippen LogP contribution in [-0.2, 0) is 16.1 Å². The molecule has 1 aromatic heterocycles. The maximum atomic E-state index is 12.7. The lowest BCUT2D eigenvalue weighted by Gasteiger charge is -2.28. The highest BCUT2D eigenvalue weighted by Gasteiger charge is 2.33. The van der Waals surface area contributed by atoms with Crippen LogP contribution in [0.15, 0.2) is 15.9 Å². The Morgan fingerprint density at radius 3 is 2.62 bits per heavy atom. The van der Waals surface area contributed by atoms with Crippen molar-refractivity contribution in [3.8, 4) is 0 Å². The van der Waals surface area contributed by atoms with Crippen LogP contribution in [0.1, 0.15) is 37.5 Å². The van der Waals surface area contributed by atoms with Crippen molar-refractivity contribution in [2.75, 3.05) is 7.05 Å². The molecule has 0 aromatic carbocycles. The number of likely N-dealkylation sites (N-methyl/N-ethyl adjacent to an activating group) is 1. The van der Waals surface area contributed by atoms with Gasteiger partial charge in [-0.3, -0.25) is 9.59 Å². The molecule has 1 heterocycles. The molecule has 2 rings (SSSR count). The summed E-state index contributed by atoms with van der Waals surface area (Å²) in [6.07, 6.45) is 4.34. The maximum Gasteiger partial charge on any atom is 0.245 e. The van der Waals surface area contributed by atoms with Crippen LogP contribution in [0.4, 0.5) is 0 Å². The number of nitrogens with one attached hydrogen (secondary N) is 1. The van der Waals surface area contributed by atoms with E-state index in [9.17, 15) is 9.59 Å². The van der Waals surface area contributed by atoms with Crippen LogP contribution in [-0.4, -0.2) is 29.8 Å². The number of carbonyl (C=O) groups excluding carboxylic acids is 2. The quantitative estimate of drug-likeness (QED) is 0.862. The van der Waals surface area contributed by atoms with Gasteiger partial charge >= 0.3 is 0 Å². The van der Waals surface area contributed by atoms with Crippen molar-refractivity contribution in [2.45, 2.75) is 45.2 Å². The van der Waals surface area contributed by atoms with Gasteiger partial charge in [-0.25, -0.2) is 0 Å². The number of amides is 2. The van der Waals surface area contributed by atoms with Crippen molar-refractivity contribution in [2.24, 2.45) is 5.92 Å². The fraction of sp³-hybridized carbons (Fsp3) is 0.600. The first-order chi connectivity index (χ1) is 9.97. The van der Waals surface area contributed by atoms with Gasteiger partial charge in [0.15, 0.2) is 0 Å². The lowest BCUT2D eigenvalue weighted by Crippen LogP contribution is -2.50. The van der Waals surface area contributed by atoms with Gasteiger partial charge in [0.2, 0.25) is 11.8 Å². The molecule has 1 N–H and O–H groups in total. The molecule has 4 nitrogen and oxygen atoms in total. The Hall–Kier alpha value is -0.880. The van der Waals surface area contributed by atoms with Crippen LogP contribution in [0.5, 0.6) is 0 Å². The molecule has 1 aromatic rings. The van der Waals surface area contributed by atoms with Crippen LogP contribution >= 0.6 is 27.3 Å². The number of hydrogen-bond acceptors (Lipinski definition) is 3. The van der Waals surface area contributed by atoms with Gasteiger partial charge in [-0.1, -0.05) is 12.8 Å². The smallest absolute Gasteiger partial charge is 0.245 e. The number of thiophene rings is 1. The summed E-state index contributed by atoms with van der Waals surface area (Å²) in [4.78, 5) is 26.9. The van der Waals surface area contributed by atoms with Crippen molar-refractivity contribution >= 4 is 39.1 Å². The molecular formula is C15H21BrN2O2S. The summed E-state index contributed by atoms with van der Waals surface area (Å²) in [6.45, 7) is 2.06. The third-order valence-electron chi connectivity index (χ3n) is 3.89. The van der Waals surface area contributed by atoms with E-state index in [2.05, 4.69) is 21.2 Å². The average Bonchev–Trinajstić information content (AvgIpc) is 3.06. The molecule has 21 heavy (non-hydrogen) atoms. The molecule has 0 saturated heterocycles. The van der Waals surface area contributed by atoms with E-state index in [-0.39, 0.29) is 23.8 Å². The third kappa shape index (κ3) is 4.54. The molecule has 0 spiro atoms. The van der Waals surface area contributed by atoms with E-state index in [1.165, 1.54) is 6.92 Å². The van der Waals surface area contributed by atoms with E-state index in [0.717, 1.165) is 34.3 Å². The minimum atomic E-state index is -0.376. The summed E-state index contributed by atoms with van der Waals surface area (Å²) >= 11 is 5.06. The summed E-state index contributed by atoms with van der Waals surface area (Å²) in [7, 11) is 1.81. The summed E-state index contributed by atoms with van der Waals surface area (Å²) in [5, 5.41) is 2.86. The van der Waals surface area contributed by atoms with E-state index in [4.69, 9.17) is 0 Å². The minimum absolute atomic E-state index is 0.0154. The molecule has 1 aliphatic rings. The van der Waals surface area contributed by atoms with Crippen LogP contribution in [0.3, 0.4) is 0 Å². The zero-order valence-electron chi connectivity index (χ0n) is 12.4. The molecule has 116 valence electrons. The lowest BCUT2D eigenvalue weighted by atomic mass is 9.96. The Kier molecular flexibility index (Phi) is 5.81. The van der Waals surface area contributed by atoms with Gasteiger partial charge in [0, 0.05) is 18.8 Å². The zero-order chi connectivity index (χ0) is 15.4. The number of halogens is 1. The van der Waals surface area contributed by atoms with Crippen molar-refractivity contribution in [1.29, 1.82) is 0 Å². The largest absolute Gasteiger partial charge is 0.344 e. The summed E-state index contributed by atoms with van der Waals surface area (Å²) in [6, 6.07) is 3.63. The Morgan fingerprint density at radius 2 is 2.10 bits per heavy atom. The van der Waals surface area contributed by atoms with Gasteiger partial charge in [0.05, 0.1) is 10.3 Å². The molecule has 0 bridgehead atoms. The van der Waals surface area contributed by atoms with Crippen molar-refractivity contribution in [3.63, 3.8) is 0 Å². The highest BCUT2D eigenvalue weighted by molar-refractivity contribution is 9.11. The molecule has 1 unspecified atom stereocenters. The van der Waals surface area contributed by atoms with Crippen LogP contribution in [0, 0.1) is 5.92 Å². The molecule has 6 heteroatoms. The fourth-order valence-electron chi connectivity index (χ4n) is 2.88. The third-order valence-corrected chi connectivity index (χ3v) is 5.50. The molecule has 0 aliphatic heterocycles. The first-order valence-electron chi connectivity index (χ1n) is 7.23. The van der Waals surface area contributed by atoms with Gasteiger partial charge in [-0.2, -0.15) is 0 Å². The fourth-order valence-corrected chi connectivity index (χ4v) is 4.41. The van der Waals surface area contributed by atoms with Crippen molar-refractivity contribution in [3.05, 3.63) is 20.8 Å². The minimum Gasteiger partial charge on any atom is -0.344 e. The highest BCUT2D eigenvalue weighted by Crippen LogP contribution is 2.29. The van der Waals surface area contributed by atoms with Crippen molar-refractivity contribution < 1.29 is 9.59 Å². The Labute approximate surface area is 138 Å². The van der Waals surface area contributed by atoms with E-state index in [0.29, 0.717) is 6.54 Å². The maximum absolute atomic E-state index is 12.7. The second kappa shape index (κ2) is 7.40. The molecule has 1 saturated carbocycles. The Balaban J connectivity index is 2.03. The number of rotatable bonds is 5. The Bertz CT molecular complexity index is 512. The van der Waals surface area contributed by atoms with Crippen LogP contribution in [0.25, 0.3) is 0 Å². The molecule has 1 atom stereocenters. The summed E-state index contributed by atoms with van der Waals surface area (Å²) < 4.78 is 1.06. The molecule has 0 radical (unpaired) electrons. The first kappa shape index (κ1) is 16.5. The zero-order valence-corrected chi connectivity index (χ0v) is 14.8. The average molecular weight is 373 g/mol. The van der Waals surface area contributed by atoms with Crippen molar-refractivity contribution in [1.82, 2.24) is 10.2 Å². The Morgan fingerprint density at radius 1 is 1.43 bits per heavy atom. The number of hydrogen-bond donors (Lipinski definition) is 1.